The van der Waals surface area contributed by atoms with Gasteiger partial charge in [-0.15, -0.1) is 22.7 Å². The molecule has 3 heterocycles. The van der Waals surface area contributed by atoms with Crippen molar-refractivity contribution in [3.05, 3.63) is 45.9 Å². The van der Waals surface area contributed by atoms with E-state index >= 15 is 0 Å². The van der Waals surface area contributed by atoms with Crippen molar-refractivity contribution >= 4 is 44.8 Å². The predicted octanol–water partition coefficient (Wildman–Crippen LogP) is 3.07. The fraction of sp³-hybridized carbons (Fsp3) is 0.176. The highest BCUT2D eigenvalue weighted by molar-refractivity contribution is 7.14. The van der Waals surface area contributed by atoms with Crippen LogP contribution in [0.25, 0.3) is 0 Å². The average Bonchev–Trinajstić information content (AvgIpc) is 3.36. The number of ether oxygens (including phenoxy) is 2. The van der Waals surface area contributed by atoms with E-state index in [2.05, 4.69) is 20.6 Å². The van der Waals surface area contributed by atoms with Crippen molar-refractivity contribution in [1.82, 2.24) is 9.97 Å². The second kappa shape index (κ2) is 7.33. The smallest absolute Gasteiger partial charge is 0.257 e. The lowest BCUT2D eigenvalue weighted by Crippen LogP contribution is -2.15. The fourth-order valence-electron chi connectivity index (χ4n) is 2.39. The van der Waals surface area contributed by atoms with E-state index in [1.54, 1.807) is 23.6 Å². The van der Waals surface area contributed by atoms with E-state index in [0.717, 1.165) is 5.69 Å². The quantitative estimate of drug-likeness (QED) is 0.680. The molecule has 0 aliphatic carbocycles. The Balaban J connectivity index is 1.36. The van der Waals surface area contributed by atoms with Crippen LogP contribution in [0.3, 0.4) is 0 Å². The lowest BCUT2D eigenvalue weighted by atomic mass is 10.2. The van der Waals surface area contributed by atoms with E-state index in [4.69, 9.17) is 9.47 Å². The summed E-state index contributed by atoms with van der Waals surface area (Å²) >= 11 is 2.63. The molecule has 0 unspecified atom stereocenters. The number of hydrogen-bond donors (Lipinski definition) is 2. The number of aromatic nitrogens is 2. The van der Waals surface area contributed by atoms with Crippen LogP contribution in [0.4, 0.5) is 10.3 Å². The van der Waals surface area contributed by atoms with Crippen LogP contribution < -0.4 is 20.1 Å². The summed E-state index contributed by atoms with van der Waals surface area (Å²) in [6.45, 7) is 2.01. The van der Waals surface area contributed by atoms with Gasteiger partial charge >= 0.3 is 0 Å². The van der Waals surface area contributed by atoms with Crippen LogP contribution in [0.1, 0.15) is 21.7 Å². The Morgan fingerprint density at radius 3 is 2.67 bits per heavy atom. The minimum Gasteiger partial charge on any atom is -0.454 e. The van der Waals surface area contributed by atoms with Crippen LogP contribution in [-0.2, 0) is 11.2 Å². The van der Waals surface area contributed by atoms with Gasteiger partial charge in [0.05, 0.1) is 17.8 Å². The van der Waals surface area contributed by atoms with Gasteiger partial charge < -0.3 is 14.8 Å². The number of aryl methyl sites for hydroxylation is 1. The molecule has 0 bridgehead atoms. The number of carbonyl (C=O) groups excluding carboxylic acids is 2. The average molecular weight is 402 g/mol. The molecule has 0 radical (unpaired) electrons. The van der Waals surface area contributed by atoms with Gasteiger partial charge in [-0.05, 0) is 25.1 Å². The maximum atomic E-state index is 12.4. The van der Waals surface area contributed by atoms with Gasteiger partial charge in [-0.1, -0.05) is 0 Å². The monoisotopic (exact) mass is 402 g/mol. The zero-order valence-corrected chi connectivity index (χ0v) is 15.8. The van der Waals surface area contributed by atoms with Gasteiger partial charge in [0.1, 0.15) is 0 Å². The SMILES string of the molecule is Cc1csc(NC(=O)Cc2csc(NC(=O)c3ccc4c(c3)OCO4)n2)n1. The lowest BCUT2D eigenvalue weighted by Gasteiger charge is -2.03. The number of amides is 2. The largest absolute Gasteiger partial charge is 0.454 e. The van der Waals surface area contributed by atoms with E-state index < -0.39 is 0 Å². The summed E-state index contributed by atoms with van der Waals surface area (Å²) in [4.78, 5) is 32.9. The molecule has 2 N–H and O–H groups in total. The van der Waals surface area contributed by atoms with Crippen LogP contribution in [0.15, 0.2) is 29.0 Å². The molecule has 138 valence electrons. The van der Waals surface area contributed by atoms with E-state index in [1.165, 1.54) is 22.7 Å². The van der Waals surface area contributed by atoms with Gasteiger partial charge in [0.2, 0.25) is 12.7 Å². The van der Waals surface area contributed by atoms with Crippen molar-refractivity contribution in [2.45, 2.75) is 13.3 Å². The van der Waals surface area contributed by atoms with E-state index in [1.807, 2.05) is 12.3 Å². The molecular formula is C17H14N4O4S2. The number of carbonyl (C=O) groups is 2. The maximum Gasteiger partial charge on any atom is 0.257 e. The summed E-state index contributed by atoms with van der Waals surface area (Å²) in [5.41, 5.74) is 1.87. The molecule has 4 rings (SSSR count). The molecule has 1 aromatic carbocycles. The third-order valence-electron chi connectivity index (χ3n) is 3.61. The Bertz CT molecular complexity index is 1010. The van der Waals surface area contributed by atoms with E-state index in [0.29, 0.717) is 33.0 Å². The highest BCUT2D eigenvalue weighted by Crippen LogP contribution is 2.32. The molecule has 0 saturated carbocycles. The molecule has 0 fully saturated rings. The van der Waals surface area contributed by atoms with Crippen LogP contribution in [0.2, 0.25) is 0 Å². The molecule has 10 heteroatoms. The number of anilines is 2. The van der Waals surface area contributed by atoms with Crippen LogP contribution in [0, 0.1) is 6.92 Å². The second-order valence-corrected chi connectivity index (χ2v) is 7.40. The molecule has 0 saturated heterocycles. The Morgan fingerprint density at radius 1 is 1.07 bits per heavy atom. The number of nitrogens with zero attached hydrogens (tertiary/aromatic N) is 2. The van der Waals surface area contributed by atoms with Gasteiger partial charge in [0.25, 0.3) is 5.91 Å². The van der Waals surface area contributed by atoms with Gasteiger partial charge in [0.15, 0.2) is 21.8 Å². The summed E-state index contributed by atoms with van der Waals surface area (Å²) in [6.07, 6.45) is 0.106. The van der Waals surface area contributed by atoms with Crippen molar-refractivity contribution in [2.24, 2.45) is 0 Å². The normalized spacial score (nSPS) is 12.0. The topological polar surface area (TPSA) is 102 Å². The first-order chi connectivity index (χ1) is 13.1. The van der Waals surface area contributed by atoms with Crippen molar-refractivity contribution in [3.63, 3.8) is 0 Å². The number of rotatable bonds is 5. The summed E-state index contributed by atoms with van der Waals surface area (Å²) in [5, 5.41) is 10.0. The van der Waals surface area contributed by atoms with Crippen molar-refractivity contribution in [2.75, 3.05) is 17.4 Å². The number of hydrogen-bond acceptors (Lipinski definition) is 8. The first kappa shape index (κ1) is 17.4. The van der Waals surface area contributed by atoms with Gasteiger partial charge in [-0.25, -0.2) is 9.97 Å². The highest BCUT2D eigenvalue weighted by Gasteiger charge is 2.17. The summed E-state index contributed by atoms with van der Waals surface area (Å²) in [7, 11) is 0. The zero-order valence-electron chi connectivity index (χ0n) is 14.1. The Morgan fingerprint density at radius 2 is 1.85 bits per heavy atom. The van der Waals surface area contributed by atoms with Crippen LogP contribution in [0.5, 0.6) is 11.5 Å². The fourth-order valence-corrected chi connectivity index (χ4v) is 3.80. The van der Waals surface area contributed by atoms with Gasteiger partial charge in [-0.2, -0.15) is 0 Å². The lowest BCUT2D eigenvalue weighted by molar-refractivity contribution is -0.115. The van der Waals surface area contributed by atoms with Crippen LogP contribution >= 0.6 is 22.7 Å². The first-order valence-corrected chi connectivity index (χ1v) is 9.70. The molecule has 1 aliphatic heterocycles. The number of thiazole rings is 2. The molecule has 0 spiro atoms. The minimum absolute atomic E-state index is 0.106. The van der Waals surface area contributed by atoms with Crippen molar-refractivity contribution in [1.29, 1.82) is 0 Å². The zero-order chi connectivity index (χ0) is 18.8. The standard InChI is InChI=1S/C17H14N4O4S2/c1-9-6-26-16(18-9)20-14(22)5-11-7-27-17(19-11)21-15(23)10-2-3-12-13(4-10)25-8-24-12/h2-4,6-7H,5,8H2,1H3,(H,18,20,22)(H,19,21,23). The second-order valence-electron chi connectivity index (χ2n) is 5.69. The van der Waals surface area contributed by atoms with Gasteiger partial charge in [0, 0.05) is 16.3 Å². The number of nitrogens with one attached hydrogen (secondary N) is 2. The molecule has 8 nitrogen and oxygen atoms in total. The molecule has 2 aromatic heterocycles. The minimum atomic E-state index is -0.308. The summed E-state index contributed by atoms with van der Waals surface area (Å²) in [5.74, 6) is 0.640. The molecule has 27 heavy (non-hydrogen) atoms. The highest BCUT2D eigenvalue weighted by atomic mass is 32.1. The van der Waals surface area contributed by atoms with E-state index in [9.17, 15) is 9.59 Å². The van der Waals surface area contributed by atoms with Gasteiger partial charge in [-0.3, -0.25) is 14.9 Å². The summed E-state index contributed by atoms with van der Waals surface area (Å²) in [6, 6.07) is 4.96. The Hall–Kier alpha value is -2.98. The summed E-state index contributed by atoms with van der Waals surface area (Å²) < 4.78 is 10.5. The van der Waals surface area contributed by atoms with E-state index in [-0.39, 0.29) is 25.0 Å². The Kier molecular flexibility index (Phi) is 4.73. The number of fused-ring (bicyclic) bond motifs is 1. The number of benzene rings is 1. The third kappa shape index (κ3) is 4.07. The molecular weight excluding hydrogens is 388 g/mol. The molecule has 1 aliphatic rings. The molecule has 0 atom stereocenters. The maximum absolute atomic E-state index is 12.4. The van der Waals surface area contributed by atoms with Crippen molar-refractivity contribution < 1.29 is 19.1 Å². The molecule has 2 amide bonds. The van der Waals surface area contributed by atoms with Crippen molar-refractivity contribution in [3.8, 4) is 11.5 Å². The first-order valence-electron chi connectivity index (χ1n) is 7.94. The molecule has 3 aromatic rings. The third-order valence-corrected chi connectivity index (χ3v) is 5.30. The predicted molar refractivity (Wildman–Crippen MR) is 102 cm³/mol. The Labute approximate surface area is 162 Å². The van der Waals surface area contributed by atoms with Crippen LogP contribution in [-0.4, -0.2) is 28.6 Å².